The van der Waals surface area contributed by atoms with Crippen molar-refractivity contribution in [3.8, 4) is 17.1 Å². The zero-order chi connectivity index (χ0) is 21.8. The maximum atomic E-state index is 13.5. The fourth-order valence-corrected chi connectivity index (χ4v) is 3.86. The van der Waals surface area contributed by atoms with Crippen molar-refractivity contribution >= 4 is 23.4 Å². The predicted molar refractivity (Wildman–Crippen MR) is 122 cm³/mol. The molecule has 0 spiro atoms. The Morgan fingerprint density at radius 2 is 1.74 bits per heavy atom. The monoisotopic (exact) mass is 432 g/mol. The van der Waals surface area contributed by atoms with Gasteiger partial charge in [-0.15, -0.1) is 10.2 Å². The van der Waals surface area contributed by atoms with Crippen LogP contribution in [0.2, 0.25) is 0 Å². The van der Waals surface area contributed by atoms with Gasteiger partial charge in [0.05, 0.1) is 5.75 Å². The first kappa shape index (κ1) is 20.8. The van der Waals surface area contributed by atoms with Crippen LogP contribution in [0.1, 0.15) is 11.1 Å². The Labute approximate surface area is 184 Å². The molecule has 31 heavy (non-hydrogen) atoms. The average Bonchev–Trinajstić information content (AvgIpc) is 3.20. The summed E-state index contributed by atoms with van der Waals surface area (Å²) in [5.41, 5.74) is 4.27. The molecule has 1 amide bonds. The number of hydrogen-bond donors (Lipinski definition) is 1. The molecule has 7 heteroatoms. The van der Waals surface area contributed by atoms with Gasteiger partial charge in [0.1, 0.15) is 5.82 Å². The van der Waals surface area contributed by atoms with Gasteiger partial charge in [-0.3, -0.25) is 9.36 Å². The molecular formula is C24H21FN4OS. The summed E-state index contributed by atoms with van der Waals surface area (Å²) in [7, 11) is 0. The van der Waals surface area contributed by atoms with Crippen LogP contribution in [-0.2, 0) is 4.79 Å². The lowest BCUT2D eigenvalue weighted by molar-refractivity contribution is -0.113. The van der Waals surface area contributed by atoms with Gasteiger partial charge >= 0.3 is 0 Å². The van der Waals surface area contributed by atoms with E-state index in [1.807, 2.05) is 73.0 Å². The third-order valence-corrected chi connectivity index (χ3v) is 5.69. The first-order chi connectivity index (χ1) is 15.0. The molecule has 1 aromatic heterocycles. The van der Waals surface area contributed by atoms with Gasteiger partial charge in [0.25, 0.3) is 0 Å². The number of aryl methyl sites for hydroxylation is 2. The molecule has 0 radical (unpaired) electrons. The standard InChI is InChI=1S/C24H21FN4OS/c1-16-8-12-20(13-9-16)29-23(18-6-4-3-5-7-18)27-28-24(29)31-15-22(30)26-21-14-19(25)11-10-17(21)2/h3-14H,15H2,1-2H3,(H,26,30). The van der Waals surface area contributed by atoms with Crippen LogP contribution in [0, 0.1) is 19.7 Å². The molecule has 0 bridgehead atoms. The van der Waals surface area contributed by atoms with Gasteiger partial charge in [0.15, 0.2) is 11.0 Å². The zero-order valence-corrected chi connectivity index (χ0v) is 18.0. The van der Waals surface area contributed by atoms with Crippen molar-refractivity contribution < 1.29 is 9.18 Å². The summed E-state index contributed by atoms with van der Waals surface area (Å²) < 4.78 is 15.4. The van der Waals surface area contributed by atoms with Gasteiger partial charge in [0.2, 0.25) is 5.91 Å². The maximum Gasteiger partial charge on any atom is 0.234 e. The van der Waals surface area contributed by atoms with Crippen molar-refractivity contribution in [3.05, 3.63) is 89.7 Å². The smallest absolute Gasteiger partial charge is 0.234 e. The predicted octanol–water partition coefficient (Wildman–Crippen LogP) is 5.42. The summed E-state index contributed by atoms with van der Waals surface area (Å²) in [5.74, 6) is 0.196. The van der Waals surface area contributed by atoms with Crippen molar-refractivity contribution in [2.75, 3.05) is 11.1 Å². The second kappa shape index (κ2) is 9.14. The summed E-state index contributed by atoms with van der Waals surface area (Å²) in [4.78, 5) is 12.5. The van der Waals surface area contributed by atoms with Gasteiger partial charge in [-0.2, -0.15) is 0 Å². The number of rotatable bonds is 6. The number of amides is 1. The molecule has 0 saturated carbocycles. The molecule has 4 aromatic rings. The summed E-state index contributed by atoms with van der Waals surface area (Å²) in [6.45, 7) is 3.85. The lowest BCUT2D eigenvalue weighted by Gasteiger charge is -2.11. The number of thioether (sulfide) groups is 1. The molecule has 0 aliphatic rings. The van der Waals surface area contributed by atoms with E-state index in [0.29, 0.717) is 16.7 Å². The molecule has 1 heterocycles. The third-order valence-electron chi connectivity index (χ3n) is 4.76. The highest BCUT2D eigenvalue weighted by molar-refractivity contribution is 7.99. The minimum Gasteiger partial charge on any atom is -0.325 e. The van der Waals surface area contributed by atoms with Crippen molar-refractivity contribution in [1.29, 1.82) is 0 Å². The average molecular weight is 433 g/mol. The topological polar surface area (TPSA) is 59.8 Å². The summed E-state index contributed by atoms with van der Waals surface area (Å²) in [5, 5.41) is 12.1. The van der Waals surface area contributed by atoms with Gasteiger partial charge in [-0.1, -0.05) is 65.9 Å². The van der Waals surface area contributed by atoms with Gasteiger partial charge < -0.3 is 5.32 Å². The summed E-state index contributed by atoms with van der Waals surface area (Å²) >= 11 is 1.28. The Kier molecular flexibility index (Phi) is 6.13. The molecule has 0 aliphatic heterocycles. The highest BCUT2D eigenvalue weighted by Gasteiger charge is 2.17. The van der Waals surface area contributed by atoms with Crippen LogP contribution >= 0.6 is 11.8 Å². The molecule has 0 atom stereocenters. The number of aromatic nitrogens is 3. The SMILES string of the molecule is Cc1ccc(-n2c(SCC(=O)Nc3cc(F)ccc3C)nnc2-c2ccccc2)cc1. The van der Waals surface area contributed by atoms with E-state index in [1.165, 1.54) is 23.9 Å². The van der Waals surface area contributed by atoms with E-state index in [1.54, 1.807) is 6.07 Å². The van der Waals surface area contributed by atoms with Crippen molar-refractivity contribution in [2.45, 2.75) is 19.0 Å². The highest BCUT2D eigenvalue weighted by atomic mass is 32.2. The summed E-state index contributed by atoms with van der Waals surface area (Å²) in [6, 6.07) is 22.2. The molecule has 0 unspecified atom stereocenters. The van der Waals surface area contributed by atoms with Gasteiger partial charge in [-0.25, -0.2) is 4.39 Å². The van der Waals surface area contributed by atoms with Crippen LogP contribution in [0.15, 0.2) is 78.0 Å². The van der Waals surface area contributed by atoms with Crippen LogP contribution in [-0.4, -0.2) is 26.4 Å². The highest BCUT2D eigenvalue weighted by Crippen LogP contribution is 2.28. The van der Waals surface area contributed by atoms with Crippen LogP contribution in [0.25, 0.3) is 17.1 Å². The minimum atomic E-state index is -0.389. The fraction of sp³-hybridized carbons (Fsp3) is 0.125. The molecule has 0 aliphatic carbocycles. The number of nitrogens with one attached hydrogen (secondary N) is 1. The first-order valence-corrected chi connectivity index (χ1v) is 10.8. The van der Waals surface area contributed by atoms with Gasteiger partial charge in [-0.05, 0) is 43.7 Å². The molecule has 156 valence electrons. The lowest BCUT2D eigenvalue weighted by Crippen LogP contribution is -2.15. The molecule has 5 nitrogen and oxygen atoms in total. The van der Waals surface area contributed by atoms with Crippen LogP contribution < -0.4 is 5.32 Å². The van der Waals surface area contributed by atoms with E-state index < -0.39 is 0 Å². The molecule has 4 rings (SSSR count). The Bertz CT molecular complexity index is 1210. The number of nitrogens with zero attached hydrogens (tertiary/aromatic N) is 3. The molecule has 0 fully saturated rings. The van der Waals surface area contributed by atoms with E-state index in [0.717, 1.165) is 22.4 Å². The molecular weight excluding hydrogens is 411 g/mol. The quantitative estimate of drug-likeness (QED) is 0.413. The largest absolute Gasteiger partial charge is 0.325 e. The normalized spacial score (nSPS) is 10.8. The number of carbonyl (C=O) groups is 1. The van der Waals surface area contributed by atoms with Crippen LogP contribution in [0.5, 0.6) is 0 Å². The maximum absolute atomic E-state index is 13.5. The van der Waals surface area contributed by atoms with Crippen LogP contribution in [0.4, 0.5) is 10.1 Å². The van der Waals surface area contributed by atoms with E-state index in [-0.39, 0.29) is 17.5 Å². The van der Waals surface area contributed by atoms with E-state index in [9.17, 15) is 9.18 Å². The fourth-order valence-electron chi connectivity index (χ4n) is 3.11. The lowest BCUT2D eigenvalue weighted by atomic mass is 10.2. The van der Waals surface area contributed by atoms with Gasteiger partial charge in [0, 0.05) is 16.9 Å². The summed E-state index contributed by atoms with van der Waals surface area (Å²) in [6.07, 6.45) is 0. The Morgan fingerprint density at radius 1 is 1.00 bits per heavy atom. The van der Waals surface area contributed by atoms with E-state index in [2.05, 4.69) is 15.5 Å². The van der Waals surface area contributed by atoms with Crippen molar-refractivity contribution in [2.24, 2.45) is 0 Å². The third kappa shape index (κ3) is 4.83. The molecule has 3 aromatic carbocycles. The second-order valence-electron chi connectivity index (χ2n) is 7.14. The molecule has 1 N–H and O–H groups in total. The number of halogens is 1. The van der Waals surface area contributed by atoms with E-state index in [4.69, 9.17) is 0 Å². The minimum absolute atomic E-state index is 0.120. The van der Waals surface area contributed by atoms with Crippen LogP contribution in [0.3, 0.4) is 0 Å². The Hall–Kier alpha value is -3.45. The number of anilines is 1. The zero-order valence-electron chi connectivity index (χ0n) is 17.2. The van der Waals surface area contributed by atoms with E-state index >= 15 is 0 Å². The number of carbonyl (C=O) groups excluding carboxylic acids is 1. The van der Waals surface area contributed by atoms with Crippen molar-refractivity contribution in [1.82, 2.24) is 14.8 Å². The second-order valence-corrected chi connectivity index (χ2v) is 8.08. The van der Waals surface area contributed by atoms with Crippen molar-refractivity contribution in [3.63, 3.8) is 0 Å². The number of hydrogen-bond acceptors (Lipinski definition) is 4. The number of benzene rings is 3. The first-order valence-electron chi connectivity index (χ1n) is 9.78. The Balaban J connectivity index is 1.59. The Morgan fingerprint density at radius 3 is 2.48 bits per heavy atom. The molecule has 0 saturated heterocycles.